The minimum atomic E-state index is -0.470. The number of hydrogen-bond donors (Lipinski definition) is 1. The number of piperazine rings is 1. The SMILES string of the molecule is CCN1CCN(c2ccc(C(=O)OC)cc2NC(=O)COc2ccc(Cl)cc2Cl)CC1. The van der Waals surface area contributed by atoms with Gasteiger partial charge in [-0.05, 0) is 42.9 Å². The summed E-state index contributed by atoms with van der Waals surface area (Å²) in [6.45, 7) is 6.41. The Hall–Kier alpha value is -2.48. The lowest BCUT2D eigenvalue weighted by Crippen LogP contribution is -2.46. The van der Waals surface area contributed by atoms with Gasteiger partial charge in [0.2, 0.25) is 0 Å². The number of ether oxygens (including phenoxy) is 2. The number of benzene rings is 2. The van der Waals surface area contributed by atoms with Gasteiger partial charge in [-0.1, -0.05) is 30.1 Å². The number of carbonyl (C=O) groups is 2. The number of nitrogens with zero attached hydrogens (tertiary/aromatic N) is 2. The van der Waals surface area contributed by atoms with E-state index in [-0.39, 0.29) is 12.5 Å². The molecular formula is C22H25Cl2N3O4. The maximum atomic E-state index is 12.6. The van der Waals surface area contributed by atoms with Crippen LogP contribution in [-0.4, -0.2) is 63.2 Å². The predicted octanol–water partition coefficient (Wildman–Crippen LogP) is 3.94. The molecule has 9 heteroatoms. The van der Waals surface area contributed by atoms with E-state index in [1.165, 1.54) is 7.11 Å². The van der Waals surface area contributed by atoms with Gasteiger partial charge < -0.3 is 24.6 Å². The smallest absolute Gasteiger partial charge is 0.337 e. The van der Waals surface area contributed by atoms with Crippen LogP contribution in [0.1, 0.15) is 17.3 Å². The number of hydrogen-bond acceptors (Lipinski definition) is 6. The quantitative estimate of drug-likeness (QED) is 0.624. The molecule has 0 aliphatic carbocycles. The number of rotatable bonds is 7. The molecule has 1 aliphatic rings. The maximum absolute atomic E-state index is 12.6. The van der Waals surface area contributed by atoms with Gasteiger partial charge in [0.1, 0.15) is 5.75 Å². The van der Waals surface area contributed by atoms with E-state index in [0.29, 0.717) is 27.0 Å². The van der Waals surface area contributed by atoms with Gasteiger partial charge in [-0.3, -0.25) is 4.79 Å². The first-order valence-corrected chi connectivity index (χ1v) is 10.7. The third-order valence-electron chi connectivity index (χ3n) is 5.10. The van der Waals surface area contributed by atoms with E-state index in [1.807, 2.05) is 6.07 Å². The monoisotopic (exact) mass is 465 g/mol. The summed E-state index contributed by atoms with van der Waals surface area (Å²) in [6, 6.07) is 9.95. The number of methoxy groups -OCH3 is 1. The second-order valence-electron chi connectivity index (χ2n) is 7.06. The summed E-state index contributed by atoms with van der Waals surface area (Å²) in [5.74, 6) is -0.482. The Morgan fingerprint density at radius 2 is 1.81 bits per heavy atom. The first-order valence-electron chi connectivity index (χ1n) is 9.98. The summed E-state index contributed by atoms with van der Waals surface area (Å²) < 4.78 is 10.3. The fraction of sp³-hybridized carbons (Fsp3) is 0.364. The van der Waals surface area contributed by atoms with Gasteiger partial charge in [-0.2, -0.15) is 0 Å². The van der Waals surface area contributed by atoms with Crippen LogP contribution in [0.2, 0.25) is 10.0 Å². The molecule has 166 valence electrons. The standard InChI is InChI=1S/C22H25Cl2N3O4/c1-3-26-8-10-27(11-9-26)19-6-4-15(22(29)30-2)12-18(19)25-21(28)14-31-20-7-5-16(23)13-17(20)24/h4-7,12-13H,3,8-11,14H2,1-2H3,(H,25,28). The van der Waals surface area contributed by atoms with Crippen molar-refractivity contribution in [1.29, 1.82) is 0 Å². The highest BCUT2D eigenvalue weighted by Crippen LogP contribution is 2.30. The first-order chi connectivity index (χ1) is 14.9. The van der Waals surface area contributed by atoms with Gasteiger partial charge in [0.05, 0.1) is 29.1 Å². The summed E-state index contributed by atoms with van der Waals surface area (Å²) in [5, 5.41) is 3.66. The van der Waals surface area contributed by atoms with Crippen LogP contribution in [0.3, 0.4) is 0 Å². The zero-order chi connectivity index (χ0) is 22.4. The lowest BCUT2D eigenvalue weighted by Gasteiger charge is -2.36. The lowest BCUT2D eigenvalue weighted by atomic mass is 10.1. The molecule has 31 heavy (non-hydrogen) atoms. The van der Waals surface area contributed by atoms with Gasteiger partial charge in [-0.25, -0.2) is 4.79 Å². The highest BCUT2D eigenvalue weighted by atomic mass is 35.5. The highest BCUT2D eigenvalue weighted by molar-refractivity contribution is 6.35. The van der Waals surface area contributed by atoms with Gasteiger partial charge in [-0.15, -0.1) is 0 Å². The molecule has 2 aromatic carbocycles. The van der Waals surface area contributed by atoms with Crippen molar-refractivity contribution in [2.75, 3.05) is 56.7 Å². The van der Waals surface area contributed by atoms with E-state index >= 15 is 0 Å². The lowest BCUT2D eigenvalue weighted by molar-refractivity contribution is -0.118. The van der Waals surface area contributed by atoms with E-state index in [9.17, 15) is 9.59 Å². The molecule has 1 heterocycles. The normalized spacial score (nSPS) is 14.3. The van der Waals surface area contributed by atoms with Crippen LogP contribution in [0.15, 0.2) is 36.4 Å². The van der Waals surface area contributed by atoms with Crippen LogP contribution in [-0.2, 0) is 9.53 Å². The Labute approximate surface area is 191 Å². The average molecular weight is 466 g/mol. The highest BCUT2D eigenvalue weighted by Gasteiger charge is 2.21. The first kappa shape index (κ1) is 23.2. The molecule has 7 nitrogen and oxygen atoms in total. The van der Waals surface area contributed by atoms with E-state index in [4.69, 9.17) is 32.7 Å². The van der Waals surface area contributed by atoms with Crippen molar-refractivity contribution in [3.63, 3.8) is 0 Å². The van der Waals surface area contributed by atoms with Crippen molar-refractivity contribution in [1.82, 2.24) is 4.90 Å². The van der Waals surface area contributed by atoms with E-state index in [2.05, 4.69) is 22.0 Å². The average Bonchev–Trinajstić information content (AvgIpc) is 2.78. The zero-order valence-electron chi connectivity index (χ0n) is 17.5. The molecule has 0 atom stereocenters. The maximum Gasteiger partial charge on any atom is 0.337 e. The molecule has 0 spiro atoms. The molecular weight excluding hydrogens is 441 g/mol. The van der Waals surface area contributed by atoms with Crippen LogP contribution in [0.5, 0.6) is 5.75 Å². The molecule has 0 saturated carbocycles. The molecule has 0 unspecified atom stereocenters. The number of esters is 1. The second kappa shape index (κ2) is 10.7. The molecule has 1 aliphatic heterocycles. The Kier molecular flexibility index (Phi) is 8.01. The van der Waals surface area contributed by atoms with Crippen molar-refractivity contribution >= 4 is 46.5 Å². The number of halogens is 2. The van der Waals surface area contributed by atoms with E-state index in [0.717, 1.165) is 38.4 Å². The molecule has 1 fully saturated rings. The largest absolute Gasteiger partial charge is 0.482 e. The molecule has 0 bridgehead atoms. The van der Waals surface area contributed by atoms with Gasteiger partial charge in [0.25, 0.3) is 5.91 Å². The van der Waals surface area contributed by atoms with Crippen LogP contribution in [0, 0.1) is 0 Å². The molecule has 1 saturated heterocycles. The molecule has 2 aromatic rings. The molecule has 0 radical (unpaired) electrons. The van der Waals surface area contributed by atoms with Crippen LogP contribution >= 0.6 is 23.2 Å². The number of amides is 1. The third-order valence-corrected chi connectivity index (χ3v) is 5.64. The van der Waals surface area contributed by atoms with Gasteiger partial charge in [0.15, 0.2) is 6.61 Å². The summed E-state index contributed by atoms with van der Waals surface area (Å²) in [7, 11) is 1.32. The second-order valence-corrected chi connectivity index (χ2v) is 7.90. The van der Waals surface area contributed by atoms with Gasteiger partial charge in [0, 0.05) is 31.2 Å². The Bertz CT molecular complexity index is 946. The Morgan fingerprint density at radius 1 is 1.06 bits per heavy atom. The van der Waals surface area contributed by atoms with Crippen LogP contribution in [0.4, 0.5) is 11.4 Å². The number of anilines is 2. The van der Waals surface area contributed by atoms with E-state index in [1.54, 1.807) is 30.3 Å². The fourth-order valence-electron chi connectivity index (χ4n) is 3.38. The predicted molar refractivity (Wildman–Crippen MR) is 123 cm³/mol. The summed E-state index contributed by atoms with van der Waals surface area (Å²) >= 11 is 12.0. The molecule has 1 N–H and O–H groups in total. The van der Waals surface area contributed by atoms with Crippen molar-refractivity contribution in [3.05, 3.63) is 52.0 Å². The molecule has 1 amide bonds. The van der Waals surface area contributed by atoms with Crippen molar-refractivity contribution in [2.24, 2.45) is 0 Å². The van der Waals surface area contributed by atoms with E-state index < -0.39 is 5.97 Å². The number of carbonyl (C=O) groups excluding carboxylic acids is 2. The number of nitrogens with one attached hydrogen (secondary N) is 1. The third kappa shape index (κ3) is 6.03. The Balaban J connectivity index is 1.75. The fourth-order valence-corrected chi connectivity index (χ4v) is 3.85. The summed E-state index contributed by atoms with van der Waals surface area (Å²) in [4.78, 5) is 29.1. The van der Waals surface area contributed by atoms with Crippen molar-refractivity contribution in [2.45, 2.75) is 6.92 Å². The molecule has 3 rings (SSSR count). The van der Waals surface area contributed by atoms with Crippen LogP contribution in [0.25, 0.3) is 0 Å². The minimum Gasteiger partial charge on any atom is -0.482 e. The summed E-state index contributed by atoms with van der Waals surface area (Å²) in [6.07, 6.45) is 0. The topological polar surface area (TPSA) is 71.1 Å². The Morgan fingerprint density at radius 3 is 2.45 bits per heavy atom. The van der Waals surface area contributed by atoms with Crippen molar-refractivity contribution < 1.29 is 19.1 Å². The van der Waals surface area contributed by atoms with Crippen LogP contribution < -0.4 is 15.0 Å². The van der Waals surface area contributed by atoms with Gasteiger partial charge >= 0.3 is 5.97 Å². The number of likely N-dealkylation sites (N-methyl/N-ethyl adjacent to an activating group) is 1. The molecule has 0 aromatic heterocycles. The summed E-state index contributed by atoms with van der Waals surface area (Å²) in [5.41, 5.74) is 1.74. The van der Waals surface area contributed by atoms with Crippen molar-refractivity contribution in [3.8, 4) is 5.75 Å². The zero-order valence-corrected chi connectivity index (χ0v) is 19.0. The minimum absolute atomic E-state index is 0.243.